The Morgan fingerprint density at radius 3 is 1.48 bits per heavy atom. The topological polar surface area (TPSA) is 38.8 Å². The predicted octanol–water partition coefficient (Wildman–Crippen LogP) is 13.6. The molecule has 0 aromatic rings. The molecule has 1 heterocycles. The molecule has 50 heavy (non-hydrogen) atoms. The van der Waals surface area contributed by atoms with Gasteiger partial charge >= 0.3 is 0 Å². The second-order valence-corrected chi connectivity index (χ2v) is 16.2. The van der Waals surface area contributed by atoms with Gasteiger partial charge in [0.05, 0.1) is 12.2 Å². The van der Waals surface area contributed by atoms with Crippen LogP contribution in [0.5, 0.6) is 0 Å². The second-order valence-electron chi connectivity index (χ2n) is 16.2. The van der Waals surface area contributed by atoms with Crippen molar-refractivity contribution in [2.45, 2.75) is 224 Å². The molecule has 1 aliphatic heterocycles. The Bertz CT molecular complexity index is 878. The van der Waals surface area contributed by atoms with Gasteiger partial charge in [-0.3, -0.25) is 4.79 Å². The highest BCUT2D eigenvalue weighted by atomic mass is 16.8. The summed E-state index contributed by atoms with van der Waals surface area (Å²) < 4.78 is 13.7. The average Bonchev–Trinajstić information content (AvgIpc) is 3.62. The summed E-state index contributed by atoms with van der Waals surface area (Å²) in [6, 6.07) is 0. The molecule has 1 saturated heterocycles. The number of hydrogen-bond donors (Lipinski definition) is 0. The molecule has 1 aliphatic carbocycles. The quantitative estimate of drug-likeness (QED) is 0.0496. The number of nitrogens with zero attached hydrogens (tertiary/aromatic N) is 1. The highest BCUT2D eigenvalue weighted by molar-refractivity contribution is 5.78. The lowest BCUT2D eigenvalue weighted by molar-refractivity contribution is -0.193. The zero-order valence-electron chi connectivity index (χ0n) is 33.8. The van der Waals surface area contributed by atoms with Crippen molar-refractivity contribution < 1.29 is 14.3 Å². The molecule has 2 rings (SSSR count). The summed E-state index contributed by atoms with van der Waals surface area (Å²) in [6.45, 7) is 5.39. The number of ketones is 1. The second kappa shape index (κ2) is 30.3. The molecule has 2 unspecified atom stereocenters. The average molecular weight is 698 g/mol. The van der Waals surface area contributed by atoms with Crippen molar-refractivity contribution in [1.82, 2.24) is 4.90 Å². The van der Waals surface area contributed by atoms with Crippen LogP contribution in [0.3, 0.4) is 0 Å². The molecule has 4 atom stereocenters. The van der Waals surface area contributed by atoms with E-state index in [1.54, 1.807) is 0 Å². The molecular weight excluding hydrogens is 615 g/mol. The largest absolute Gasteiger partial charge is 0.344 e. The summed E-state index contributed by atoms with van der Waals surface area (Å²) in [5, 5.41) is 0. The standard InChI is InChI=1S/C46H83NO3/c1-5-7-9-11-13-15-17-19-21-23-25-27-29-31-33-36-46(37-34-32-30-28-26-24-22-20-18-16-14-12-10-8-6-2)49-44-40-42(41-45(44)50-46)39-43(48)35-38-47(3)4/h11,13,17-20,42,44-45H,5-10,12,14-16,21-41H2,1-4H3/b13-11-,19-17-,20-18-/t42?,44-,45+,46?. The Labute approximate surface area is 311 Å². The number of fused-ring (bicyclic) bond motifs is 1. The van der Waals surface area contributed by atoms with Crippen LogP contribution in [0.4, 0.5) is 0 Å². The molecule has 2 aliphatic rings. The molecule has 0 radical (unpaired) electrons. The molecular formula is C46H83NO3. The van der Waals surface area contributed by atoms with Crippen LogP contribution in [0, 0.1) is 5.92 Å². The van der Waals surface area contributed by atoms with Gasteiger partial charge in [-0.1, -0.05) is 140 Å². The van der Waals surface area contributed by atoms with Crippen molar-refractivity contribution in [3.8, 4) is 0 Å². The van der Waals surface area contributed by atoms with Crippen LogP contribution in [0.15, 0.2) is 36.5 Å². The first-order valence-corrected chi connectivity index (χ1v) is 21.9. The van der Waals surface area contributed by atoms with Gasteiger partial charge in [-0.05, 0) is 97.1 Å². The number of carbonyl (C=O) groups excluding carboxylic acids is 1. The van der Waals surface area contributed by atoms with E-state index >= 15 is 0 Å². The van der Waals surface area contributed by atoms with E-state index in [0.717, 1.165) is 38.6 Å². The summed E-state index contributed by atoms with van der Waals surface area (Å²) >= 11 is 0. The van der Waals surface area contributed by atoms with Gasteiger partial charge in [0.1, 0.15) is 5.78 Å². The Balaban J connectivity index is 1.64. The van der Waals surface area contributed by atoms with Gasteiger partial charge in [-0.15, -0.1) is 0 Å². The zero-order valence-corrected chi connectivity index (χ0v) is 33.8. The summed E-state index contributed by atoms with van der Waals surface area (Å²) in [4.78, 5) is 14.7. The van der Waals surface area contributed by atoms with E-state index in [2.05, 4.69) is 55.2 Å². The van der Waals surface area contributed by atoms with Crippen molar-refractivity contribution in [3.63, 3.8) is 0 Å². The van der Waals surface area contributed by atoms with Gasteiger partial charge in [-0.25, -0.2) is 0 Å². The highest BCUT2D eigenvalue weighted by Crippen LogP contribution is 2.46. The summed E-state index contributed by atoms with van der Waals surface area (Å²) in [5.74, 6) is 0.442. The molecule has 4 nitrogen and oxygen atoms in total. The number of rotatable bonds is 34. The Morgan fingerprint density at radius 2 is 1.00 bits per heavy atom. The van der Waals surface area contributed by atoms with E-state index in [1.165, 1.54) is 148 Å². The SMILES string of the molecule is CCCC/C=C\C/C=C\CCCCCCCCC1(CCCCCCCC/C=C\CCCCCCC)O[C@H]2CC(CC(=O)CCN(C)C)C[C@H]2O1. The number of unbranched alkanes of at least 4 members (excludes halogenated alkanes) is 19. The van der Waals surface area contributed by atoms with E-state index in [0.29, 0.717) is 24.5 Å². The number of ether oxygens (including phenoxy) is 2. The molecule has 0 N–H and O–H groups in total. The van der Waals surface area contributed by atoms with Gasteiger partial charge in [0.2, 0.25) is 0 Å². The van der Waals surface area contributed by atoms with Crippen molar-refractivity contribution in [2.24, 2.45) is 5.92 Å². The molecule has 0 amide bonds. The van der Waals surface area contributed by atoms with Gasteiger partial charge in [0.25, 0.3) is 0 Å². The van der Waals surface area contributed by atoms with Crippen molar-refractivity contribution in [2.75, 3.05) is 20.6 Å². The first-order valence-electron chi connectivity index (χ1n) is 21.9. The summed E-state index contributed by atoms with van der Waals surface area (Å²) in [6.07, 6.45) is 51.1. The minimum absolute atomic E-state index is 0.186. The molecule has 4 heteroatoms. The van der Waals surface area contributed by atoms with Gasteiger partial charge in [0, 0.05) is 32.2 Å². The molecule has 0 bridgehead atoms. The lowest BCUT2D eigenvalue weighted by Crippen LogP contribution is -2.32. The smallest absolute Gasteiger partial charge is 0.169 e. The number of allylic oxidation sites excluding steroid dienone is 6. The zero-order chi connectivity index (χ0) is 36.0. The third-order valence-electron chi connectivity index (χ3n) is 11.0. The van der Waals surface area contributed by atoms with Crippen LogP contribution in [0.2, 0.25) is 0 Å². The maximum absolute atomic E-state index is 12.6. The van der Waals surface area contributed by atoms with E-state index in [-0.39, 0.29) is 18.0 Å². The fourth-order valence-corrected chi connectivity index (χ4v) is 7.84. The first kappa shape index (κ1) is 44.9. The Hall–Kier alpha value is -1.23. The molecule has 0 spiro atoms. The lowest BCUT2D eigenvalue weighted by Gasteiger charge is -2.30. The Morgan fingerprint density at radius 1 is 0.580 bits per heavy atom. The van der Waals surface area contributed by atoms with Crippen LogP contribution in [0.25, 0.3) is 0 Å². The van der Waals surface area contributed by atoms with Crippen LogP contribution < -0.4 is 0 Å². The number of carbonyl (C=O) groups is 1. The van der Waals surface area contributed by atoms with Crippen molar-refractivity contribution >= 4 is 5.78 Å². The highest BCUT2D eigenvalue weighted by Gasteiger charge is 2.51. The van der Waals surface area contributed by atoms with Crippen LogP contribution in [-0.2, 0) is 14.3 Å². The third kappa shape index (κ3) is 22.7. The first-order chi connectivity index (χ1) is 24.5. The number of hydrogen-bond acceptors (Lipinski definition) is 4. The third-order valence-corrected chi connectivity index (χ3v) is 11.0. The predicted molar refractivity (Wildman–Crippen MR) is 217 cm³/mol. The number of Topliss-reactive ketones (excluding diaryl/α,β-unsaturated/α-hetero) is 1. The summed E-state index contributed by atoms with van der Waals surface area (Å²) in [5.41, 5.74) is 0. The van der Waals surface area contributed by atoms with Gasteiger partial charge in [-0.2, -0.15) is 0 Å². The van der Waals surface area contributed by atoms with Gasteiger partial charge in [0.15, 0.2) is 5.79 Å². The van der Waals surface area contributed by atoms with Crippen molar-refractivity contribution in [3.05, 3.63) is 36.5 Å². The fraction of sp³-hybridized carbons (Fsp3) is 0.848. The van der Waals surface area contributed by atoms with E-state index in [4.69, 9.17) is 9.47 Å². The maximum atomic E-state index is 12.6. The minimum Gasteiger partial charge on any atom is -0.344 e. The van der Waals surface area contributed by atoms with Crippen LogP contribution in [-0.4, -0.2) is 49.3 Å². The Kier molecular flexibility index (Phi) is 27.2. The molecule has 0 aromatic carbocycles. The lowest BCUT2D eigenvalue weighted by atomic mass is 9.97. The fourth-order valence-electron chi connectivity index (χ4n) is 7.84. The molecule has 1 saturated carbocycles. The monoisotopic (exact) mass is 698 g/mol. The normalized spacial score (nSPS) is 22.3. The van der Waals surface area contributed by atoms with Crippen LogP contribution in [0.1, 0.15) is 206 Å². The minimum atomic E-state index is -0.383. The summed E-state index contributed by atoms with van der Waals surface area (Å²) in [7, 11) is 4.08. The molecule has 2 fully saturated rings. The molecule has 290 valence electrons. The maximum Gasteiger partial charge on any atom is 0.169 e. The van der Waals surface area contributed by atoms with Gasteiger partial charge < -0.3 is 14.4 Å². The van der Waals surface area contributed by atoms with E-state index in [1.807, 2.05) is 14.1 Å². The van der Waals surface area contributed by atoms with E-state index in [9.17, 15) is 4.79 Å². The molecule has 0 aromatic heterocycles. The van der Waals surface area contributed by atoms with Crippen molar-refractivity contribution in [1.29, 1.82) is 0 Å². The van der Waals surface area contributed by atoms with E-state index < -0.39 is 0 Å². The van der Waals surface area contributed by atoms with Crippen LogP contribution >= 0.6 is 0 Å².